The molecule has 0 atom stereocenters. The quantitative estimate of drug-likeness (QED) is 0.791. The summed E-state index contributed by atoms with van der Waals surface area (Å²) < 4.78 is 27.5. The zero-order valence-corrected chi connectivity index (χ0v) is 16.2. The van der Waals surface area contributed by atoms with E-state index in [2.05, 4.69) is 9.88 Å². The summed E-state index contributed by atoms with van der Waals surface area (Å²) >= 11 is 1.14. The summed E-state index contributed by atoms with van der Waals surface area (Å²) in [7, 11) is 0. The predicted octanol–water partition coefficient (Wildman–Crippen LogP) is 4.10. The van der Waals surface area contributed by atoms with E-state index < -0.39 is 11.6 Å². The third kappa shape index (κ3) is 3.75. The molecule has 1 aromatic carbocycles. The monoisotopic (exact) mass is 391 g/mol. The Morgan fingerprint density at radius 3 is 2.56 bits per heavy atom. The summed E-state index contributed by atoms with van der Waals surface area (Å²) in [5, 5.41) is 0.345. The highest BCUT2D eigenvalue weighted by Crippen LogP contribution is 2.31. The van der Waals surface area contributed by atoms with Gasteiger partial charge in [0.15, 0.2) is 0 Å². The fourth-order valence-electron chi connectivity index (χ4n) is 4.07. The van der Waals surface area contributed by atoms with E-state index in [1.165, 1.54) is 25.7 Å². The van der Waals surface area contributed by atoms with Crippen LogP contribution in [0, 0.1) is 18.6 Å². The van der Waals surface area contributed by atoms with Crippen LogP contribution in [0.1, 0.15) is 41.0 Å². The maximum absolute atomic E-state index is 14.0. The zero-order chi connectivity index (χ0) is 19.0. The number of aryl methyl sites for hydroxylation is 1. The Balaban J connectivity index is 1.48. The summed E-state index contributed by atoms with van der Waals surface area (Å²) in [5.41, 5.74) is 0.676. The summed E-state index contributed by atoms with van der Waals surface area (Å²) in [6.07, 6.45) is 5.15. The first-order valence-corrected chi connectivity index (χ1v) is 10.3. The van der Waals surface area contributed by atoms with Gasteiger partial charge in [0.1, 0.15) is 21.5 Å². The molecular weight excluding hydrogens is 368 g/mol. The van der Waals surface area contributed by atoms with Crippen molar-refractivity contribution in [2.45, 2.75) is 38.6 Å². The number of benzene rings is 1. The molecule has 1 saturated heterocycles. The molecule has 144 valence electrons. The largest absolute Gasteiger partial charge is 0.335 e. The first-order chi connectivity index (χ1) is 13.0. The van der Waals surface area contributed by atoms with Gasteiger partial charge in [-0.2, -0.15) is 0 Å². The number of thiazole rings is 1. The fourth-order valence-corrected chi connectivity index (χ4v) is 5.13. The molecule has 27 heavy (non-hydrogen) atoms. The second-order valence-corrected chi connectivity index (χ2v) is 8.32. The second kappa shape index (κ2) is 7.64. The average molecular weight is 391 g/mol. The predicted molar refractivity (Wildman–Crippen MR) is 102 cm³/mol. The maximum atomic E-state index is 14.0. The van der Waals surface area contributed by atoms with Crippen molar-refractivity contribution in [3.63, 3.8) is 0 Å². The molecule has 0 unspecified atom stereocenters. The van der Waals surface area contributed by atoms with E-state index in [9.17, 15) is 13.6 Å². The van der Waals surface area contributed by atoms with Gasteiger partial charge < -0.3 is 4.90 Å². The van der Waals surface area contributed by atoms with Crippen LogP contribution >= 0.6 is 11.3 Å². The molecular formula is C20H23F2N3OS. The maximum Gasteiger partial charge on any atom is 0.265 e. The molecule has 0 spiro atoms. The van der Waals surface area contributed by atoms with Gasteiger partial charge in [-0.05, 0) is 38.0 Å². The average Bonchev–Trinajstić information content (AvgIpc) is 3.33. The molecule has 0 N–H and O–H groups in total. The summed E-state index contributed by atoms with van der Waals surface area (Å²) in [4.78, 5) is 22.2. The number of piperazine rings is 1. The second-order valence-electron chi connectivity index (χ2n) is 7.32. The van der Waals surface area contributed by atoms with Crippen molar-refractivity contribution in [3.05, 3.63) is 40.4 Å². The van der Waals surface area contributed by atoms with E-state index in [0.717, 1.165) is 42.6 Å². The van der Waals surface area contributed by atoms with Gasteiger partial charge in [-0.25, -0.2) is 13.8 Å². The van der Waals surface area contributed by atoms with E-state index in [1.54, 1.807) is 6.92 Å². The molecule has 0 bridgehead atoms. The van der Waals surface area contributed by atoms with Crippen molar-refractivity contribution in [1.29, 1.82) is 0 Å². The van der Waals surface area contributed by atoms with Gasteiger partial charge in [-0.3, -0.25) is 9.69 Å². The molecule has 4 rings (SSSR count). The molecule has 1 amide bonds. The summed E-state index contributed by atoms with van der Waals surface area (Å²) in [5.74, 6) is -1.11. The van der Waals surface area contributed by atoms with E-state index in [-0.39, 0.29) is 11.5 Å². The number of hydrogen-bond donors (Lipinski definition) is 0. The number of rotatable bonds is 3. The van der Waals surface area contributed by atoms with Gasteiger partial charge in [-0.15, -0.1) is 11.3 Å². The van der Waals surface area contributed by atoms with E-state index in [0.29, 0.717) is 34.7 Å². The topological polar surface area (TPSA) is 36.4 Å². The molecule has 2 heterocycles. The summed E-state index contributed by atoms with van der Waals surface area (Å²) in [6, 6.07) is 3.97. The molecule has 2 aromatic rings. The minimum atomic E-state index is -0.533. The smallest absolute Gasteiger partial charge is 0.265 e. The van der Waals surface area contributed by atoms with Crippen molar-refractivity contribution in [1.82, 2.24) is 14.8 Å². The number of halogens is 2. The lowest BCUT2D eigenvalue weighted by molar-refractivity contribution is 0.0577. The summed E-state index contributed by atoms with van der Waals surface area (Å²) in [6.45, 7) is 4.96. The van der Waals surface area contributed by atoms with Gasteiger partial charge in [0.2, 0.25) is 0 Å². The van der Waals surface area contributed by atoms with Crippen LogP contribution in [0.2, 0.25) is 0 Å². The van der Waals surface area contributed by atoms with E-state index in [1.807, 2.05) is 4.90 Å². The Hall–Kier alpha value is -1.86. The van der Waals surface area contributed by atoms with Crippen LogP contribution in [-0.2, 0) is 0 Å². The Bertz CT molecular complexity index is 840. The van der Waals surface area contributed by atoms with Gasteiger partial charge in [0, 0.05) is 37.8 Å². The van der Waals surface area contributed by atoms with Crippen LogP contribution < -0.4 is 0 Å². The van der Waals surface area contributed by atoms with Crippen LogP contribution in [0.5, 0.6) is 0 Å². The van der Waals surface area contributed by atoms with Crippen molar-refractivity contribution in [3.8, 4) is 10.6 Å². The van der Waals surface area contributed by atoms with Crippen molar-refractivity contribution in [2.75, 3.05) is 26.2 Å². The standard InChI is InChI=1S/C20H23F2N3OS/c1-13-18(27-19(23-13)16-12-14(21)6-7-17(16)22)20(26)25-10-8-24(9-11-25)15-4-2-3-5-15/h6-7,12,15H,2-5,8-11H2,1H3. The fraction of sp³-hybridized carbons (Fsp3) is 0.500. The first kappa shape index (κ1) is 18.5. The molecule has 4 nitrogen and oxygen atoms in total. The molecule has 2 aliphatic rings. The Kier molecular flexibility index (Phi) is 5.23. The van der Waals surface area contributed by atoms with Crippen molar-refractivity contribution in [2.24, 2.45) is 0 Å². The SMILES string of the molecule is Cc1nc(-c2cc(F)ccc2F)sc1C(=O)N1CCN(C2CCCC2)CC1. The Morgan fingerprint density at radius 1 is 1.15 bits per heavy atom. The first-order valence-electron chi connectivity index (χ1n) is 9.49. The van der Waals surface area contributed by atoms with Crippen LogP contribution in [-0.4, -0.2) is 52.9 Å². The Labute approximate surface area is 161 Å². The number of aromatic nitrogens is 1. The highest BCUT2D eigenvalue weighted by Gasteiger charge is 2.30. The molecule has 1 aliphatic carbocycles. The minimum absolute atomic E-state index is 0.0564. The minimum Gasteiger partial charge on any atom is -0.335 e. The highest BCUT2D eigenvalue weighted by atomic mass is 32.1. The van der Waals surface area contributed by atoms with Gasteiger partial charge in [-0.1, -0.05) is 12.8 Å². The Morgan fingerprint density at radius 2 is 1.85 bits per heavy atom. The lowest BCUT2D eigenvalue weighted by Crippen LogP contribution is -2.51. The van der Waals surface area contributed by atoms with E-state index >= 15 is 0 Å². The van der Waals surface area contributed by atoms with Gasteiger partial charge in [0.05, 0.1) is 5.69 Å². The number of carbonyl (C=O) groups is 1. The van der Waals surface area contributed by atoms with Gasteiger partial charge >= 0.3 is 0 Å². The highest BCUT2D eigenvalue weighted by molar-refractivity contribution is 7.17. The molecule has 0 radical (unpaired) electrons. The number of amides is 1. The van der Waals surface area contributed by atoms with Gasteiger partial charge in [0.25, 0.3) is 5.91 Å². The number of hydrogen-bond acceptors (Lipinski definition) is 4. The third-order valence-corrected chi connectivity index (χ3v) is 6.77. The van der Waals surface area contributed by atoms with Crippen molar-refractivity contribution < 1.29 is 13.6 Å². The molecule has 7 heteroatoms. The molecule has 1 aromatic heterocycles. The zero-order valence-electron chi connectivity index (χ0n) is 15.4. The molecule has 1 aliphatic heterocycles. The lowest BCUT2D eigenvalue weighted by Gasteiger charge is -2.37. The van der Waals surface area contributed by atoms with Crippen LogP contribution in [0.15, 0.2) is 18.2 Å². The third-order valence-electron chi connectivity index (χ3n) is 5.59. The van der Waals surface area contributed by atoms with Crippen molar-refractivity contribution >= 4 is 17.2 Å². The number of nitrogens with zero attached hydrogens (tertiary/aromatic N) is 3. The molecule has 1 saturated carbocycles. The molecule has 2 fully saturated rings. The van der Waals surface area contributed by atoms with Crippen LogP contribution in [0.3, 0.4) is 0 Å². The number of carbonyl (C=O) groups excluding carboxylic acids is 1. The normalized spacial score (nSPS) is 19.0. The van der Waals surface area contributed by atoms with E-state index in [4.69, 9.17) is 0 Å². The lowest BCUT2D eigenvalue weighted by atomic mass is 10.1. The van der Waals surface area contributed by atoms with Crippen LogP contribution in [0.25, 0.3) is 10.6 Å². The van der Waals surface area contributed by atoms with Crippen LogP contribution in [0.4, 0.5) is 8.78 Å².